The fourth-order valence-electron chi connectivity index (χ4n) is 3.22. The quantitative estimate of drug-likeness (QED) is 0.513. The number of carboxylic acid groups (broad SMARTS) is 1. The molecule has 0 radical (unpaired) electrons. The van der Waals surface area contributed by atoms with Gasteiger partial charge in [0.2, 0.25) is 5.88 Å². The molecule has 0 spiro atoms. The van der Waals surface area contributed by atoms with Gasteiger partial charge < -0.3 is 19.9 Å². The number of hydrogen-bond donors (Lipinski definition) is 2. The van der Waals surface area contributed by atoms with Crippen LogP contribution in [-0.2, 0) is 4.74 Å². The van der Waals surface area contributed by atoms with Crippen LogP contribution in [-0.4, -0.2) is 55.5 Å². The average Bonchev–Trinajstić information content (AvgIpc) is 3.13. The molecule has 180 valence electrons. The zero-order valence-electron chi connectivity index (χ0n) is 19.2. The van der Waals surface area contributed by atoms with E-state index in [1.807, 2.05) is 0 Å². The smallest absolute Gasteiger partial charge is 0.415 e. The summed E-state index contributed by atoms with van der Waals surface area (Å²) in [5.74, 6) is -0.372. The summed E-state index contributed by atoms with van der Waals surface area (Å²) in [5.41, 5.74) is -0.356. The van der Waals surface area contributed by atoms with E-state index in [0.717, 1.165) is 19.3 Å². The Bertz CT molecular complexity index is 1250. The first-order chi connectivity index (χ1) is 16.0. The van der Waals surface area contributed by atoms with Crippen molar-refractivity contribution in [3.63, 3.8) is 0 Å². The zero-order chi connectivity index (χ0) is 24.6. The lowest BCUT2D eigenvalue weighted by atomic mass is 9.96. The van der Waals surface area contributed by atoms with Crippen LogP contribution >= 0.6 is 11.6 Å². The van der Waals surface area contributed by atoms with Gasteiger partial charge in [-0.1, -0.05) is 11.6 Å². The number of halogens is 1. The average molecular weight is 489 g/mol. The minimum absolute atomic E-state index is 0.0411. The lowest BCUT2D eigenvalue weighted by Gasteiger charge is -2.27. The number of fused-ring (bicyclic) bond motifs is 1. The Kier molecular flexibility index (Phi) is 6.22. The third-order valence-corrected chi connectivity index (χ3v) is 5.31. The summed E-state index contributed by atoms with van der Waals surface area (Å²) in [5, 5.41) is 17.2. The van der Waals surface area contributed by atoms with E-state index in [2.05, 4.69) is 20.4 Å². The molecular formula is C22H25ClN6O5. The minimum atomic E-state index is -1.20. The number of carbonyl (C=O) groups is 2. The number of hydrogen-bond acceptors (Lipinski definition) is 8. The number of ether oxygens (including phenoxy) is 2. The summed E-state index contributed by atoms with van der Waals surface area (Å²) in [4.78, 5) is 34.4. The van der Waals surface area contributed by atoms with E-state index >= 15 is 0 Å². The molecule has 3 aromatic heterocycles. The molecule has 3 aromatic rings. The Morgan fingerprint density at radius 3 is 2.62 bits per heavy atom. The van der Waals surface area contributed by atoms with Gasteiger partial charge in [-0.15, -0.1) is 0 Å². The second-order valence-corrected chi connectivity index (χ2v) is 9.38. The molecule has 34 heavy (non-hydrogen) atoms. The molecule has 2 N–H and O–H groups in total. The summed E-state index contributed by atoms with van der Waals surface area (Å²) >= 11 is 6.16. The topological polar surface area (TPSA) is 131 Å². The van der Waals surface area contributed by atoms with Gasteiger partial charge in [-0.05, 0) is 46.1 Å². The van der Waals surface area contributed by atoms with Crippen molar-refractivity contribution in [3.05, 3.63) is 35.1 Å². The van der Waals surface area contributed by atoms with Crippen molar-refractivity contribution in [2.45, 2.75) is 51.7 Å². The van der Waals surface area contributed by atoms with Gasteiger partial charge in [0.1, 0.15) is 34.6 Å². The van der Waals surface area contributed by atoms with Crippen LogP contribution in [0.2, 0.25) is 5.02 Å². The van der Waals surface area contributed by atoms with Crippen LogP contribution in [0.4, 0.5) is 22.1 Å². The monoisotopic (exact) mass is 488 g/mol. The summed E-state index contributed by atoms with van der Waals surface area (Å²) in [7, 11) is 1.50. The van der Waals surface area contributed by atoms with Gasteiger partial charge in [0.05, 0.1) is 11.2 Å². The van der Waals surface area contributed by atoms with Gasteiger partial charge in [-0.2, -0.15) is 9.61 Å². The highest BCUT2D eigenvalue weighted by molar-refractivity contribution is 6.30. The van der Waals surface area contributed by atoms with E-state index in [-0.39, 0.29) is 29.0 Å². The van der Waals surface area contributed by atoms with Gasteiger partial charge in [0.25, 0.3) is 0 Å². The first-order valence-electron chi connectivity index (χ1n) is 10.7. The van der Waals surface area contributed by atoms with Gasteiger partial charge in [0, 0.05) is 19.3 Å². The van der Waals surface area contributed by atoms with E-state index in [9.17, 15) is 14.7 Å². The standard InChI is InChI=1S/C22H25ClN6O5/c1-22(2,3)34-21(32)28(4)17-9-16(27-18-14(20(30)31)11-25-29(17)18)26-15-8-12(23)10-24-19(15)33-13-6-5-7-13/h8-11,13H,5-7H2,1-4H3,(H,26,27)(H,30,31). The molecule has 0 aliphatic heterocycles. The van der Waals surface area contributed by atoms with Gasteiger partial charge >= 0.3 is 12.1 Å². The van der Waals surface area contributed by atoms with Crippen LogP contribution in [0.1, 0.15) is 50.4 Å². The van der Waals surface area contributed by atoms with Crippen molar-refractivity contribution in [1.82, 2.24) is 19.6 Å². The Morgan fingerprint density at radius 1 is 1.26 bits per heavy atom. The number of nitrogens with one attached hydrogen (secondary N) is 1. The van der Waals surface area contributed by atoms with Crippen LogP contribution in [0.15, 0.2) is 24.5 Å². The van der Waals surface area contributed by atoms with E-state index in [4.69, 9.17) is 21.1 Å². The van der Waals surface area contributed by atoms with Crippen LogP contribution in [0, 0.1) is 0 Å². The van der Waals surface area contributed by atoms with Crippen molar-refractivity contribution in [1.29, 1.82) is 0 Å². The van der Waals surface area contributed by atoms with Gasteiger partial charge in [-0.25, -0.2) is 19.6 Å². The molecule has 4 rings (SSSR count). The molecule has 0 unspecified atom stereocenters. The Morgan fingerprint density at radius 2 is 2.00 bits per heavy atom. The van der Waals surface area contributed by atoms with Crippen LogP contribution in [0.25, 0.3) is 5.65 Å². The fraction of sp³-hybridized carbons (Fsp3) is 0.409. The van der Waals surface area contributed by atoms with Crippen LogP contribution in [0.3, 0.4) is 0 Å². The molecule has 0 bridgehead atoms. The largest absolute Gasteiger partial charge is 0.477 e. The number of carboxylic acids is 1. The highest BCUT2D eigenvalue weighted by Gasteiger charge is 2.26. The third kappa shape index (κ3) is 4.98. The summed E-state index contributed by atoms with van der Waals surface area (Å²) in [6.07, 6.45) is 5.07. The molecule has 11 nitrogen and oxygen atoms in total. The Balaban J connectivity index is 1.76. The minimum Gasteiger partial charge on any atom is -0.477 e. The predicted molar refractivity (Wildman–Crippen MR) is 125 cm³/mol. The first kappa shape index (κ1) is 23.6. The normalized spacial score (nSPS) is 13.9. The van der Waals surface area contributed by atoms with Crippen LogP contribution < -0.4 is 15.0 Å². The summed E-state index contributed by atoms with van der Waals surface area (Å²) in [6, 6.07) is 3.18. The zero-order valence-corrected chi connectivity index (χ0v) is 20.0. The van der Waals surface area contributed by atoms with Crippen molar-refractivity contribution < 1.29 is 24.2 Å². The lowest BCUT2D eigenvalue weighted by molar-refractivity contribution is 0.0587. The maximum atomic E-state index is 12.7. The van der Waals surface area contributed by atoms with Gasteiger partial charge in [0.15, 0.2) is 5.65 Å². The van der Waals surface area contributed by atoms with Crippen molar-refractivity contribution in [2.24, 2.45) is 0 Å². The molecule has 0 aromatic carbocycles. The number of aromatic carboxylic acids is 1. The molecule has 12 heteroatoms. The molecule has 1 fully saturated rings. The molecule has 0 atom stereocenters. The number of amides is 1. The Labute approximate surface area is 200 Å². The molecule has 1 saturated carbocycles. The highest BCUT2D eigenvalue weighted by atomic mass is 35.5. The number of anilines is 3. The summed E-state index contributed by atoms with van der Waals surface area (Å²) < 4.78 is 12.7. The maximum absolute atomic E-state index is 12.7. The maximum Gasteiger partial charge on any atom is 0.415 e. The van der Waals surface area contributed by atoms with Gasteiger partial charge in [-0.3, -0.25) is 4.90 Å². The van der Waals surface area contributed by atoms with E-state index in [1.54, 1.807) is 32.9 Å². The van der Waals surface area contributed by atoms with E-state index in [0.29, 0.717) is 16.6 Å². The van der Waals surface area contributed by atoms with Crippen molar-refractivity contribution in [3.8, 4) is 5.88 Å². The fourth-order valence-corrected chi connectivity index (χ4v) is 3.38. The SMILES string of the molecule is CN(C(=O)OC(C)(C)C)c1cc(Nc2cc(Cl)cnc2OC2CCC2)nc2c(C(=O)O)cnn12. The number of aromatic nitrogens is 4. The number of pyridine rings is 1. The number of nitrogens with zero attached hydrogens (tertiary/aromatic N) is 5. The molecule has 1 amide bonds. The molecular weight excluding hydrogens is 464 g/mol. The highest BCUT2D eigenvalue weighted by Crippen LogP contribution is 2.33. The number of rotatable bonds is 6. The van der Waals surface area contributed by atoms with Crippen LogP contribution in [0.5, 0.6) is 5.88 Å². The molecule has 1 aliphatic carbocycles. The second-order valence-electron chi connectivity index (χ2n) is 8.94. The first-order valence-corrected chi connectivity index (χ1v) is 11.1. The molecule has 1 aliphatic rings. The Hall–Kier alpha value is -3.60. The number of carbonyl (C=O) groups excluding carboxylic acids is 1. The molecule has 0 saturated heterocycles. The van der Waals surface area contributed by atoms with E-state index < -0.39 is 17.7 Å². The van der Waals surface area contributed by atoms with Crippen molar-refractivity contribution >= 4 is 46.6 Å². The molecule has 3 heterocycles. The third-order valence-electron chi connectivity index (χ3n) is 5.11. The summed E-state index contributed by atoms with van der Waals surface area (Å²) in [6.45, 7) is 5.25. The van der Waals surface area contributed by atoms with Crippen molar-refractivity contribution in [2.75, 3.05) is 17.3 Å². The van der Waals surface area contributed by atoms with E-state index in [1.165, 1.54) is 28.9 Å². The predicted octanol–water partition coefficient (Wildman–Crippen LogP) is 4.52. The second kappa shape index (κ2) is 8.98. The lowest BCUT2D eigenvalue weighted by Crippen LogP contribution is -2.35.